The standard InChI is InChI=1S/C15H20O2/c1-14(2)7-9-15(10-8-14)16-11-12-5-3-4-6-13(12)17-15/h3-6H,7-11H2,1-2H3. The molecule has 1 spiro atoms. The molecule has 1 fully saturated rings. The summed E-state index contributed by atoms with van der Waals surface area (Å²) in [5.74, 6) is 0.669. The molecule has 0 aromatic heterocycles. The molecule has 1 aliphatic carbocycles. The lowest BCUT2D eigenvalue weighted by molar-refractivity contribution is -0.231. The summed E-state index contributed by atoms with van der Waals surface area (Å²) in [7, 11) is 0. The molecule has 2 aliphatic rings. The second-order valence-electron chi connectivity index (χ2n) is 6.07. The van der Waals surface area contributed by atoms with Gasteiger partial charge in [0, 0.05) is 18.4 Å². The molecule has 0 bridgehead atoms. The average molecular weight is 232 g/mol. The number of benzene rings is 1. The van der Waals surface area contributed by atoms with Gasteiger partial charge in [0.25, 0.3) is 0 Å². The van der Waals surface area contributed by atoms with Gasteiger partial charge in [0.1, 0.15) is 5.75 Å². The lowest BCUT2D eigenvalue weighted by Gasteiger charge is -2.45. The third kappa shape index (κ3) is 2.06. The molecule has 1 aromatic carbocycles. The fourth-order valence-corrected chi connectivity index (χ4v) is 2.72. The van der Waals surface area contributed by atoms with Crippen LogP contribution in [0.25, 0.3) is 0 Å². The summed E-state index contributed by atoms with van der Waals surface area (Å²) < 4.78 is 12.1. The Bertz CT molecular complexity index is 413. The molecule has 1 saturated carbocycles. The van der Waals surface area contributed by atoms with Crippen molar-refractivity contribution in [2.75, 3.05) is 0 Å². The highest BCUT2D eigenvalue weighted by Crippen LogP contribution is 2.45. The van der Waals surface area contributed by atoms with Gasteiger partial charge in [0.05, 0.1) is 6.61 Å². The van der Waals surface area contributed by atoms with E-state index < -0.39 is 0 Å². The first-order valence-corrected chi connectivity index (χ1v) is 6.50. The van der Waals surface area contributed by atoms with E-state index in [0.717, 1.165) is 18.6 Å². The second-order valence-corrected chi connectivity index (χ2v) is 6.07. The van der Waals surface area contributed by atoms with E-state index in [2.05, 4.69) is 26.0 Å². The van der Waals surface area contributed by atoms with E-state index in [0.29, 0.717) is 12.0 Å². The second kappa shape index (κ2) is 3.74. The molecule has 0 saturated heterocycles. The van der Waals surface area contributed by atoms with Gasteiger partial charge < -0.3 is 9.47 Å². The number of hydrogen-bond donors (Lipinski definition) is 0. The fourth-order valence-electron chi connectivity index (χ4n) is 2.72. The van der Waals surface area contributed by atoms with Crippen LogP contribution in [0.4, 0.5) is 0 Å². The Balaban J connectivity index is 1.80. The van der Waals surface area contributed by atoms with E-state index in [9.17, 15) is 0 Å². The first-order valence-electron chi connectivity index (χ1n) is 6.50. The highest BCUT2D eigenvalue weighted by atomic mass is 16.7. The number of hydrogen-bond acceptors (Lipinski definition) is 2. The van der Waals surface area contributed by atoms with Crippen LogP contribution in [-0.2, 0) is 11.3 Å². The number of ether oxygens (including phenoxy) is 2. The SMILES string of the molecule is CC1(C)CCC2(CC1)OCc1ccccc1O2. The highest BCUT2D eigenvalue weighted by molar-refractivity contribution is 5.34. The summed E-state index contributed by atoms with van der Waals surface area (Å²) in [6.45, 7) is 5.35. The van der Waals surface area contributed by atoms with Gasteiger partial charge in [0.2, 0.25) is 5.79 Å². The third-order valence-electron chi connectivity index (χ3n) is 4.12. The maximum Gasteiger partial charge on any atom is 0.210 e. The van der Waals surface area contributed by atoms with Crippen molar-refractivity contribution in [1.82, 2.24) is 0 Å². The lowest BCUT2D eigenvalue weighted by Crippen LogP contribution is -2.46. The van der Waals surface area contributed by atoms with Crippen LogP contribution in [-0.4, -0.2) is 5.79 Å². The van der Waals surface area contributed by atoms with Crippen LogP contribution in [0.15, 0.2) is 24.3 Å². The van der Waals surface area contributed by atoms with Gasteiger partial charge in [-0.05, 0) is 24.3 Å². The summed E-state index contributed by atoms with van der Waals surface area (Å²) >= 11 is 0. The Labute approximate surface area is 103 Å². The molecule has 1 aromatic rings. The van der Waals surface area contributed by atoms with E-state index in [1.165, 1.54) is 18.4 Å². The minimum Gasteiger partial charge on any atom is -0.462 e. The highest BCUT2D eigenvalue weighted by Gasteiger charge is 2.43. The molecule has 0 unspecified atom stereocenters. The zero-order valence-corrected chi connectivity index (χ0v) is 10.7. The molecule has 92 valence electrons. The van der Waals surface area contributed by atoms with Crippen molar-refractivity contribution in [2.24, 2.45) is 5.41 Å². The first-order chi connectivity index (χ1) is 8.09. The molecule has 0 amide bonds. The van der Waals surface area contributed by atoms with Gasteiger partial charge in [-0.1, -0.05) is 32.0 Å². The van der Waals surface area contributed by atoms with E-state index in [-0.39, 0.29) is 5.79 Å². The van der Waals surface area contributed by atoms with Gasteiger partial charge in [-0.3, -0.25) is 0 Å². The first kappa shape index (κ1) is 11.1. The number of fused-ring (bicyclic) bond motifs is 1. The van der Waals surface area contributed by atoms with Crippen LogP contribution < -0.4 is 4.74 Å². The summed E-state index contributed by atoms with van der Waals surface area (Å²) in [4.78, 5) is 0. The van der Waals surface area contributed by atoms with Gasteiger partial charge >= 0.3 is 0 Å². The van der Waals surface area contributed by atoms with Crippen LogP contribution in [0, 0.1) is 5.41 Å². The van der Waals surface area contributed by atoms with Crippen LogP contribution in [0.3, 0.4) is 0 Å². The smallest absolute Gasteiger partial charge is 0.210 e. The average Bonchev–Trinajstić information content (AvgIpc) is 2.34. The van der Waals surface area contributed by atoms with Gasteiger partial charge in [-0.25, -0.2) is 0 Å². The number of para-hydroxylation sites is 1. The summed E-state index contributed by atoms with van der Waals surface area (Å²) in [5, 5.41) is 0. The fraction of sp³-hybridized carbons (Fsp3) is 0.600. The molecular weight excluding hydrogens is 212 g/mol. The van der Waals surface area contributed by atoms with Crippen LogP contribution in [0.1, 0.15) is 45.1 Å². The van der Waals surface area contributed by atoms with E-state index in [1.54, 1.807) is 0 Å². The molecular formula is C15H20O2. The molecule has 0 N–H and O–H groups in total. The largest absolute Gasteiger partial charge is 0.462 e. The van der Waals surface area contributed by atoms with E-state index >= 15 is 0 Å². The van der Waals surface area contributed by atoms with Crippen LogP contribution in [0.5, 0.6) is 5.75 Å². The minimum absolute atomic E-state index is 0.343. The Morgan fingerprint density at radius 1 is 1.00 bits per heavy atom. The minimum atomic E-state index is -0.343. The molecule has 2 heteroatoms. The van der Waals surface area contributed by atoms with E-state index in [1.807, 2.05) is 12.1 Å². The van der Waals surface area contributed by atoms with Gasteiger partial charge in [-0.2, -0.15) is 0 Å². The third-order valence-corrected chi connectivity index (χ3v) is 4.12. The van der Waals surface area contributed by atoms with Crippen molar-refractivity contribution in [3.63, 3.8) is 0 Å². The normalized spacial score (nSPS) is 25.1. The molecule has 0 atom stereocenters. The molecule has 3 rings (SSSR count). The van der Waals surface area contributed by atoms with Gasteiger partial charge in [-0.15, -0.1) is 0 Å². The van der Waals surface area contributed by atoms with Crippen molar-refractivity contribution in [1.29, 1.82) is 0 Å². The Hall–Kier alpha value is -1.02. The summed E-state index contributed by atoms with van der Waals surface area (Å²) in [5.41, 5.74) is 1.61. The zero-order valence-electron chi connectivity index (χ0n) is 10.7. The molecule has 1 aliphatic heterocycles. The summed E-state index contributed by atoms with van der Waals surface area (Å²) in [6, 6.07) is 8.20. The molecule has 17 heavy (non-hydrogen) atoms. The van der Waals surface area contributed by atoms with Crippen molar-refractivity contribution < 1.29 is 9.47 Å². The summed E-state index contributed by atoms with van der Waals surface area (Å²) in [6.07, 6.45) is 4.37. The topological polar surface area (TPSA) is 18.5 Å². The van der Waals surface area contributed by atoms with Crippen molar-refractivity contribution >= 4 is 0 Å². The number of rotatable bonds is 0. The van der Waals surface area contributed by atoms with Crippen molar-refractivity contribution in [2.45, 2.75) is 51.9 Å². The predicted molar refractivity (Wildman–Crippen MR) is 66.8 cm³/mol. The molecule has 0 radical (unpaired) electrons. The molecule has 2 nitrogen and oxygen atoms in total. The van der Waals surface area contributed by atoms with Crippen molar-refractivity contribution in [3.05, 3.63) is 29.8 Å². The van der Waals surface area contributed by atoms with Gasteiger partial charge in [0.15, 0.2) is 0 Å². The molecule has 1 heterocycles. The Morgan fingerprint density at radius 3 is 2.47 bits per heavy atom. The van der Waals surface area contributed by atoms with Crippen LogP contribution in [0.2, 0.25) is 0 Å². The Morgan fingerprint density at radius 2 is 1.71 bits per heavy atom. The maximum atomic E-state index is 6.13. The quantitative estimate of drug-likeness (QED) is 0.675. The Kier molecular flexibility index (Phi) is 2.44. The van der Waals surface area contributed by atoms with Crippen LogP contribution >= 0.6 is 0 Å². The monoisotopic (exact) mass is 232 g/mol. The predicted octanol–water partition coefficient (Wildman–Crippen LogP) is 3.89. The van der Waals surface area contributed by atoms with Crippen molar-refractivity contribution in [3.8, 4) is 5.75 Å². The van der Waals surface area contributed by atoms with E-state index in [4.69, 9.17) is 9.47 Å². The lowest BCUT2D eigenvalue weighted by atomic mass is 9.75. The maximum absolute atomic E-state index is 6.13. The zero-order chi connectivity index (χ0) is 11.9.